The van der Waals surface area contributed by atoms with Crippen LogP contribution < -0.4 is 4.74 Å². The Hall–Kier alpha value is -1.91. The topological polar surface area (TPSA) is 72.4 Å². The monoisotopic (exact) mass is 483 g/mol. The zero-order valence-corrected chi connectivity index (χ0v) is 18.4. The highest BCUT2D eigenvalue weighted by atomic mass is 79.9. The smallest absolute Gasteiger partial charge is 0.293 e. The van der Waals surface area contributed by atoms with E-state index >= 15 is 0 Å². The first-order chi connectivity index (χ1) is 13.3. The average molecular weight is 484 g/mol. The number of carbonyl (C=O) groups is 2. The Labute approximate surface area is 178 Å². The van der Waals surface area contributed by atoms with Gasteiger partial charge < -0.3 is 4.74 Å². The molecule has 1 aliphatic rings. The van der Waals surface area contributed by atoms with E-state index in [2.05, 4.69) is 25.9 Å². The lowest BCUT2D eigenvalue weighted by Gasteiger charge is -2.14. The number of imide groups is 1. The van der Waals surface area contributed by atoms with Crippen LogP contribution in [0.2, 0.25) is 0 Å². The van der Waals surface area contributed by atoms with Crippen molar-refractivity contribution in [1.29, 1.82) is 0 Å². The summed E-state index contributed by atoms with van der Waals surface area (Å²) in [6, 6.07) is 1.63. The molecule has 2 amide bonds. The molecule has 0 bridgehead atoms. The van der Waals surface area contributed by atoms with Crippen molar-refractivity contribution in [3.63, 3.8) is 0 Å². The van der Waals surface area contributed by atoms with Crippen molar-refractivity contribution >= 4 is 56.7 Å². The molecular formula is C18H15BrFN3O3S2. The Morgan fingerprint density at radius 1 is 1.43 bits per heavy atom. The number of carbonyl (C=O) groups excluding carboxylic acids is 2. The van der Waals surface area contributed by atoms with Crippen molar-refractivity contribution in [2.45, 2.75) is 18.6 Å². The van der Waals surface area contributed by atoms with Crippen LogP contribution in [0.1, 0.15) is 16.7 Å². The second-order valence-corrected chi connectivity index (χ2v) is 8.38. The highest BCUT2D eigenvalue weighted by molar-refractivity contribution is 9.10. The number of benzene rings is 1. The molecule has 0 saturated carbocycles. The van der Waals surface area contributed by atoms with Gasteiger partial charge in [-0.05, 0) is 58.6 Å². The van der Waals surface area contributed by atoms with E-state index < -0.39 is 11.7 Å². The molecule has 1 aromatic heterocycles. The first kappa shape index (κ1) is 20.8. The minimum atomic E-state index is -0.492. The molecule has 0 aliphatic carbocycles. The highest BCUT2D eigenvalue weighted by Gasteiger charge is 2.32. The molecule has 6 nitrogen and oxygen atoms in total. The molecule has 0 spiro atoms. The Morgan fingerprint density at radius 2 is 2.18 bits per heavy atom. The molecule has 3 rings (SSSR count). The number of thioether (sulfide) groups is 2. The summed E-state index contributed by atoms with van der Waals surface area (Å²) in [5.41, 5.74) is 1.52. The van der Waals surface area contributed by atoms with Crippen LogP contribution in [0.5, 0.6) is 5.75 Å². The fourth-order valence-electron chi connectivity index (χ4n) is 2.44. The molecule has 1 aliphatic heterocycles. The first-order valence-corrected chi connectivity index (χ1v) is 10.8. The van der Waals surface area contributed by atoms with Gasteiger partial charge in [-0.25, -0.2) is 14.4 Å². The van der Waals surface area contributed by atoms with Gasteiger partial charge in [-0.3, -0.25) is 14.5 Å². The Kier molecular flexibility index (Phi) is 6.41. The summed E-state index contributed by atoms with van der Waals surface area (Å²) in [7, 11) is 1.41. The number of aromatic nitrogens is 2. The van der Waals surface area contributed by atoms with E-state index in [1.807, 2.05) is 6.26 Å². The predicted octanol–water partition coefficient (Wildman–Crippen LogP) is 4.65. The second kappa shape index (κ2) is 8.62. The summed E-state index contributed by atoms with van der Waals surface area (Å²) in [6.07, 6.45) is 6.49. The number of amides is 2. The molecule has 0 radical (unpaired) electrons. The maximum absolute atomic E-state index is 14.7. The third-order valence-corrected chi connectivity index (χ3v) is 6.55. The average Bonchev–Trinajstić information content (AvgIpc) is 2.94. The molecule has 2 heterocycles. The van der Waals surface area contributed by atoms with E-state index in [4.69, 9.17) is 4.74 Å². The van der Waals surface area contributed by atoms with Crippen LogP contribution in [-0.2, 0) is 11.4 Å². The van der Waals surface area contributed by atoms with Crippen LogP contribution in [0.4, 0.5) is 9.18 Å². The number of halogens is 2. The lowest BCUT2D eigenvalue weighted by molar-refractivity contribution is -0.121. The van der Waals surface area contributed by atoms with Crippen molar-refractivity contribution in [1.82, 2.24) is 14.9 Å². The molecule has 0 unspecified atom stereocenters. The predicted molar refractivity (Wildman–Crippen MR) is 111 cm³/mol. The van der Waals surface area contributed by atoms with Crippen LogP contribution in [-0.4, -0.2) is 39.3 Å². The minimum Gasteiger partial charge on any atom is -0.488 e. The van der Waals surface area contributed by atoms with Gasteiger partial charge in [-0.2, -0.15) is 0 Å². The molecular weight excluding hydrogens is 469 g/mol. The maximum Gasteiger partial charge on any atom is 0.293 e. The van der Waals surface area contributed by atoms with Gasteiger partial charge in [-0.15, -0.1) is 11.8 Å². The fourth-order valence-corrected chi connectivity index (χ4v) is 4.31. The van der Waals surface area contributed by atoms with Gasteiger partial charge >= 0.3 is 0 Å². The summed E-state index contributed by atoms with van der Waals surface area (Å²) in [4.78, 5) is 33.2. The van der Waals surface area contributed by atoms with Gasteiger partial charge in [0.25, 0.3) is 11.1 Å². The third kappa shape index (κ3) is 4.08. The summed E-state index contributed by atoms with van der Waals surface area (Å²) in [5, 5.41) is 0.409. The summed E-state index contributed by atoms with van der Waals surface area (Å²) in [5.74, 6) is -0.580. The zero-order chi connectivity index (χ0) is 20.4. The van der Waals surface area contributed by atoms with Crippen molar-refractivity contribution in [3.8, 4) is 5.75 Å². The number of nitrogens with zero attached hydrogens (tertiary/aromatic N) is 3. The van der Waals surface area contributed by atoms with Crippen LogP contribution in [0.25, 0.3) is 6.08 Å². The van der Waals surface area contributed by atoms with Crippen LogP contribution in [0.15, 0.2) is 33.0 Å². The van der Waals surface area contributed by atoms with Crippen LogP contribution >= 0.6 is 39.5 Å². The molecule has 10 heteroatoms. The van der Waals surface area contributed by atoms with E-state index in [1.54, 1.807) is 19.2 Å². The van der Waals surface area contributed by atoms with E-state index in [-0.39, 0.29) is 21.2 Å². The Balaban J connectivity index is 1.93. The number of hydrogen-bond acceptors (Lipinski definition) is 7. The van der Waals surface area contributed by atoms with Gasteiger partial charge in [0, 0.05) is 24.4 Å². The van der Waals surface area contributed by atoms with Crippen molar-refractivity contribution < 1.29 is 18.7 Å². The molecule has 1 fully saturated rings. The van der Waals surface area contributed by atoms with Gasteiger partial charge in [0.05, 0.1) is 9.38 Å². The summed E-state index contributed by atoms with van der Waals surface area (Å²) < 4.78 is 20.7. The summed E-state index contributed by atoms with van der Waals surface area (Å²) >= 11 is 5.50. The quantitative estimate of drug-likeness (QED) is 0.348. The van der Waals surface area contributed by atoms with Gasteiger partial charge in [0.1, 0.15) is 29.5 Å². The van der Waals surface area contributed by atoms with Crippen LogP contribution in [0.3, 0.4) is 0 Å². The zero-order valence-electron chi connectivity index (χ0n) is 15.2. The molecule has 28 heavy (non-hydrogen) atoms. The molecule has 1 saturated heterocycles. The largest absolute Gasteiger partial charge is 0.488 e. The normalized spacial score (nSPS) is 15.6. The van der Waals surface area contributed by atoms with Crippen molar-refractivity contribution in [3.05, 3.63) is 50.5 Å². The molecule has 146 valence electrons. The number of hydrogen-bond donors (Lipinski definition) is 0. The van der Waals surface area contributed by atoms with E-state index in [9.17, 15) is 14.0 Å². The van der Waals surface area contributed by atoms with E-state index in [0.29, 0.717) is 16.9 Å². The number of ether oxygens (including phenoxy) is 1. The lowest BCUT2D eigenvalue weighted by atomic mass is 10.1. The van der Waals surface area contributed by atoms with E-state index in [1.165, 1.54) is 31.2 Å². The SMILES string of the molecule is CSc1ncncc1COc1cc(/C=C2\SC(=O)N(C)C2=O)c(Br)c(F)c1C. The number of likely N-dealkylation sites (N-methyl/N-ethyl adjacent to an activating group) is 1. The molecule has 0 N–H and O–H groups in total. The first-order valence-electron chi connectivity index (χ1n) is 7.99. The van der Waals surface area contributed by atoms with Gasteiger partial charge in [0.15, 0.2) is 0 Å². The van der Waals surface area contributed by atoms with Crippen LogP contribution in [0, 0.1) is 12.7 Å². The van der Waals surface area contributed by atoms with Crippen molar-refractivity contribution in [2.24, 2.45) is 0 Å². The molecule has 0 atom stereocenters. The minimum absolute atomic E-state index is 0.170. The molecule has 1 aromatic carbocycles. The van der Waals surface area contributed by atoms with E-state index in [0.717, 1.165) is 27.3 Å². The summed E-state index contributed by atoms with van der Waals surface area (Å²) in [6.45, 7) is 1.78. The highest BCUT2D eigenvalue weighted by Crippen LogP contribution is 2.36. The third-order valence-electron chi connectivity index (χ3n) is 4.03. The lowest BCUT2D eigenvalue weighted by Crippen LogP contribution is -2.22. The molecule has 2 aromatic rings. The Morgan fingerprint density at radius 3 is 2.82 bits per heavy atom. The van der Waals surface area contributed by atoms with Gasteiger partial charge in [-0.1, -0.05) is 0 Å². The number of rotatable bonds is 5. The fraction of sp³-hybridized carbons (Fsp3) is 0.222. The standard InChI is InChI=1S/C18H15BrFN3O3S2/c1-9-12(26-7-11-6-21-8-22-16(11)27-3)4-10(14(19)15(9)20)5-13-17(24)23(2)18(25)28-13/h4-6,8H,7H2,1-3H3/b13-5-. The van der Waals surface area contributed by atoms with Gasteiger partial charge in [0.2, 0.25) is 0 Å². The Bertz CT molecular complexity index is 1000. The second-order valence-electron chi connectivity index (χ2n) is 5.80. The van der Waals surface area contributed by atoms with Crippen molar-refractivity contribution in [2.75, 3.05) is 13.3 Å². The maximum atomic E-state index is 14.7.